The molecule has 2 atom stereocenters. The van der Waals surface area contributed by atoms with Crippen LogP contribution >= 0.6 is 23.4 Å². The molecule has 2 aromatic rings. The summed E-state index contributed by atoms with van der Waals surface area (Å²) in [5, 5.41) is 0.411. The van der Waals surface area contributed by atoms with Crippen molar-refractivity contribution in [2.45, 2.75) is 23.5 Å². The molecule has 0 aliphatic carbocycles. The quantitative estimate of drug-likeness (QED) is 0.930. The first-order chi connectivity index (χ1) is 10.1. The minimum Gasteiger partial charge on any atom is -0.487 e. The van der Waals surface area contributed by atoms with Crippen LogP contribution in [0.1, 0.15) is 5.56 Å². The van der Waals surface area contributed by atoms with Crippen molar-refractivity contribution in [2.75, 3.05) is 5.75 Å². The molecule has 2 aromatic carbocycles. The molecular formula is C16H15ClFNOS. The Balaban J connectivity index is 1.74. The van der Waals surface area contributed by atoms with Crippen LogP contribution < -0.4 is 10.5 Å². The highest BCUT2D eigenvalue weighted by Gasteiger charge is 2.27. The fourth-order valence-corrected chi connectivity index (χ4v) is 3.67. The zero-order valence-corrected chi connectivity index (χ0v) is 12.8. The summed E-state index contributed by atoms with van der Waals surface area (Å²) in [7, 11) is 0. The van der Waals surface area contributed by atoms with Gasteiger partial charge >= 0.3 is 0 Å². The van der Waals surface area contributed by atoms with E-state index in [0.29, 0.717) is 17.0 Å². The summed E-state index contributed by atoms with van der Waals surface area (Å²) in [6.07, 6.45) is 0.208. The molecule has 21 heavy (non-hydrogen) atoms. The summed E-state index contributed by atoms with van der Waals surface area (Å²) < 4.78 is 19.8. The molecule has 2 N–H and O–H groups in total. The smallest absolute Gasteiger partial charge is 0.133 e. The van der Waals surface area contributed by atoms with Crippen LogP contribution in [0.2, 0.25) is 5.02 Å². The van der Waals surface area contributed by atoms with Gasteiger partial charge in [0.25, 0.3) is 0 Å². The van der Waals surface area contributed by atoms with Gasteiger partial charge in [0, 0.05) is 27.3 Å². The molecule has 0 saturated heterocycles. The zero-order chi connectivity index (χ0) is 14.8. The van der Waals surface area contributed by atoms with Gasteiger partial charge in [0.05, 0.1) is 0 Å². The van der Waals surface area contributed by atoms with E-state index in [-0.39, 0.29) is 18.0 Å². The Morgan fingerprint density at radius 1 is 1.29 bits per heavy atom. The van der Waals surface area contributed by atoms with Gasteiger partial charge in [0.2, 0.25) is 0 Å². The van der Waals surface area contributed by atoms with Gasteiger partial charge in [-0.25, -0.2) is 4.39 Å². The number of rotatable bonds is 3. The van der Waals surface area contributed by atoms with Crippen molar-refractivity contribution in [3.8, 4) is 5.75 Å². The van der Waals surface area contributed by atoms with E-state index in [1.54, 1.807) is 23.9 Å². The lowest BCUT2D eigenvalue weighted by atomic mass is 10.0. The molecule has 0 saturated carbocycles. The average molecular weight is 324 g/mol. The van der Waals surface area contributed by atoms with E-state index >= 15 is 0 Å². The highest BCUT2D eigenvalue weighted by atomic mass is 35.5. The fourth-order valence-electron chi connectivity index (χ4n) is 2.34. The maximum absolute atomic E-state index is 13.8. The summed E-state index contributed by atoms with van der Waals surface area (Å²) >= 11 is 7.76. The summed E-state index contributed by atoms with van der Waals surface area (Å²) in [6, 6.07) is 12.2. The molecule has 0 radical (unpaired) electrons. The second-order valence-corrected chi connectivity index (χ2v) is 6.45. The number of nitrogens with two attached hydrogens (primary N) is 1. The Morgan fingerprint density at radius 3 is 2.90 bits per heavy atom. The number of hydrogen-bond acceptors (Lipinski definition) is 3. The number of ether oxygens (including phenoxy) is 1. The summed E-state index contributed by atoms with van der Waals surface area (Å²) in [4.78, 5) is 1.12. The first kappa shape index (κ1) is 14.7. The van der Waals surface area contributed by atoms with Gasteiger partial charge in [-0.05, 0) is 30.7 Å². The molecule has 1 heterocycles. The Labute approximate surface area is 132 Å². The molecule has 0 amide bonds. The summed E-state index contributed by atoms with van der Waals surface area (Å²) in [5.41, 5.74) is 6.67. The molecular weight excluding hydrogens is 309 g/mol. The molecule has 2 unspecified atom stereocenters. The van der Waals surface area contributed by atoms with E-state index in [1.165, 1.54) is 6.07 Å². The Bertz CT molecular complexity index is 632. The molecule has 0 aromatic heterocycles. The van der Waals surface area contributed by atoms with Crippen molar-refractivity contribution < 1.29 is 9.13 Å². The van der Waals surface area contributed by atoms with E-state index < -0.39 is 0 Å². The van der Waals surface area contributed by atoms with Crippen molar-refractivity contribution in [3.63, 3.8) is 0 Å². The van der Waals surface area contributed by atoms with Gasteiger partial charge < -0.3 is 10.5 Å². The molecule has 0 fully saturated rings. The van der Waals surface area contributed by atoms with Crippen LogP contribution in [0.15, 0.2) is 47.4 Å². The number of halogens is 2. The summed E-state index contributed by atoms with van der Waals surface area (Å²) in [6.45, 7) is 0. The summed E-state index contributed by atoms with van der Waals surface area (Å²) in [5.74, 6) is 1.28. The van der Waals surface area contributed by atoms with E-state index in [9.17, 15) is 4.39 Å². The van der Waals surface area contributed by atoms with E-state index in [1.807, 2.05) is 24.3 Å². The molecule has 5 heteroatoms. The van der Waals surface area contributed by atoms with Gasteiger partial charge in [0.1, 0.15) is 17.7 Å². The Morgan fingerprint density at radius 2 is 2.10 bits per heavy atom. The average Bonchev–Trinajstić information content (AvgIpc) is 2.50. The predicted molar refractivity (Wildman–Crippen MR) is 84.7 cm³/mol. The number of benzene rings is 2. The Kier molecular flexibility index (Phi) is 4.38. The highest BCUT2D eigenvalue weighted by Crippen LogP contribution is 2.36. The largest absolute Gasteiger partial charge is 0.487 e. The first-order valence-corrected chi connectivity index (χ1v) is 8.08. The predicted octanol–water partition coefficient (Wildman–Crippen LogP) is 3.90. The SMILES string of the molecule is NC(Cc1c(F)cccc1Cl)C1CSc2ccccc2O1. The van der Waals surface area contributed by atoms with E-state index in [4.69, 9.17) is 22.1 Å². The van der Waals surface area contributed by atoms with Crippen LogP contribution in [-0.4, -0.2) is 17.9 Å². The van der Waals surface area contributed by atoms with Crippen LogP contribution in [0.3, 0.4) is 0 Å². The zero-order valence-electron chi connectivity index (χ0n) is 11.3. The minimum atomic E-state index is -0.318. The number of para-hydroxylation sites is 1. The number of hydrogen-bond donors (Lipinski definition) is 1. The van der Waals surface area contributed by atoms with Crippen molar-refractivity contribution >= 4 is 23.4 Å². The van der Waals surface area contributed by atoms with Crippen molar-refractivity contribution in [3.05, 3.63) is 58.9 Å². The molecule has 3 rings (SSSR count). The third-order valence-electron chi connectivity index (χ3n) is 3.51. The van der Waals surface area contributed by atoms with Crippen molar-refractivity contribution in [1.29, 1.82) is 0 Å². The molecule has 110 valence electrons. The minimum absolute atomic E-state index is 0.152. The molecule has 1 aliphatic heterocycles. The lowest BCUT2D eigenvalue weighted by Crippen LogP contribution is -2.43. The standard InChI is InChI=1S/C16H15ClFNOS/c17-11-4-3-5-12(18)10(11)8-13(19)15-9-21-16-7-2-1-6-14(16)20-15/h1-7,13,15H,8-9,19H2. The molecule has 1 aliphatic rings. The van der Waals surface area contributed by atoms with Gasteiger partial charge in [-0.2, -0.15) is 0 Å². The fraction of sp³-hybridized carbons (Fsp3) is 0.250. The van der Waals surface area contributed by atoms with Crippen LogP contribution in [0.25, 0.3) is 0 Å². The molecule has 2 nitrogen and oxygen atoms in total. The lowest BCUT2D eigenvalue weighted by Gasteiger charge is -2.30. The van der Waals surface area contributed by atoms with Crippen molar-refractivity contribution in [1.82, 2.24) is 0 Å². The maximum Gasteiger partial charge on any atom is 0.133 e. The topological polar surface area (TPSA) is 35.2 Å². The van der Waals surface area contributed by atoms with E-state index in [0.717, 1.165) is 16.4 Å². The van der Waals surface area contributed by atoms with Gasteiger partial charge in [-0.15, -0.1) is 11.8 Å². The second-order valence-electron chi connectivity index (χ2n) is 4.98. The monoisotopic (exact) mass is 323 g/mol. The number of fused-ring (bicyclic) bond motifs is 1. The van der Waals surface area contributed by atoms with Gasteiger partial charge in [-0.1, -0.05) is 29.8 Å². The van der Waals surface area contributed by atoms with Crippen LogP contribution in [0, 0.1) is 5.82 Å². The Hall–Kier alpha value is -1.23. The van der Waals surface area contributed by atoms with Crippen LogP contribution in [0.4, 0.5) is 4.39 Å². The van der Waals surface area contributed by atoms with Gasteiger partial charge in [-0.3, -0.25) is 0 Å². The van der Waals surface area contributed by atoms with Gasteiger partial charge in [0.15, 0.2) is 0 Å². The highest BCUT2D eigenvalue weighted by molar-refractivity contribution is 7.99. The normalized spacial score (nSPS) is 18.7. The molecule has 0 spiro atoms. The third-order valence-corrected chi connectivity index (χ3v) is 5.01. The number of thioether (sulfide) groups is 1. The van der Waals surface area contributed by atoms with Crippen LogP contribution in [0.5, 0.6) is 5.75 Å². The molecule has 0 bridgehead atoms. The van der Waals surface area contributed by atoms with Crippen molar-refractivity contribution in [2.24, 2.45) is 5.73 Å². The van der Waals surface area contributed by atoms with Crippen LogP contribution in [-0.2, 0) is 6.42 Å². The first-order valence-electron chi connectivity index (χ1n) is 6.72. The lowest BCUT2D eigenvalue weighted by molar-refractivity contribution is 0.183. The van der Waals surface area contributed by atoms with E-state index in [2.05, 4.69) is 0 Å². The third kappa shape index (κ3) is 3.18. The second kappa shape index (κ2) is 6.26. The maximum atomic E-state index is 13.8.